The average Bonchev–Trinajstić information content (AvgIpc) is 2.96. The zero-order chi connectivity index (χ0) is 20.4. The van der Waals surface area contributed by atoms with Crippen molar-refractivity contribution in [3.05, 3.63) is 59.3 Å². The number of nitrogens with zero attached hydrogens (tertiary/aromatic N) is 4. The molecule has 3 amide bonds. The van der Waals surface area contributed by atoms with E-state index in [0.717, 1.165) is 0 Å². The second-order valence-corrected chi connectivity index (χ2v) is 6.95. The van der Waals surface area contributed by atoms with E-state index < -0.39 is 0 Å². The van der Waals surface area contributed by atoms with Gasteiger partial charge in [0, 0.05) is 25.2 Å². The largest absolute Gasteiger partial charge is 0.471 e. The van der Waals surface area contributed by atoms with Crippen molar-refractivity contribution < 1.29 is 19.1 Å². The number of amides is 3. The first-order valence-corrected chi connectivity index (χ1v) is 9.32. The maximum atomic E-state index is 12.3. The van der Waals surface area contributed by atoms with Gasteiger partial charge < -0.3 is 9.64 Å². The van der Waals surface area contributed by atoms with E-state index in [1.165, 1.54) is 11.1 Å². The molecule has 3 heterocycles. The molecule has 8 heteroatoms. The van der Waals surface area contributed by atoms with Crippen molar-refractivity contribution in [2.75, 3.05) is 19.6 Å². The summed E-state index contributed by atoms with van der Waals surface area (Å²) in [6.07, 6.45) is 1.99. The van der Waals surface area contributed by atoms with E-state index in [2.05, 4.69) is 4.98 Å². The van der Waals surface area contributed by atoms with Gasteiger partial charge in [-0.3, -0.25) is 19.3 Å². The van der Waals surface area contributed by atoms with E-state index in [4.69, 9.17) is 10.00 Å². The molecule has 0 N–H and O–H groups in total. The quantitative estimate of drug-likeness (QED) is 0.695. The molecule has 1 aromatic carbocycles. The molecule has 146 valence electrons. The number of nitriles is 1. The van der Waals surface area contributed by atoms with Gasteiger partial charge in [0.1, 0.15) is 12.2 Å². The van der Waals surface area contributed by atoms with Crippen molar-refractivity contribution in [1.29, 1.82) is 5.26 Å². The molecule has 1 aromatic heterocycles. The summed E-state index contributed by atoms with van der Waals surface area (Å²) in [5.74, 6) is -0.211. The van der Waals surface area contributed by atoms with Gasteiger partial charge in [-0.2, -0.15) is 5.26 Å². The van der Waals surface area contributed by atoms with Gasteiger partial charge in [0.25, 0.3) is 11.8 Å². The van der Waals surface area contributed by atoms with Crippen LogP contribution in [0, 0.1) is 11.3 Å². The summed E-state index contributed by atoms with van der Waals surface area (Å²) < 4.78 is 5.67. The maximum Gasteiger partial charge on any atom is 0.261 e. The number of carbonyl (C=O) groups is 3. The van der Waals surface area contributed by atoms with Crippen molar-refractivity contribution >= 4 is 17.7 Å². The Morgan fingerprint density at radius 3 is 2.41 bits per heavy atom. The molecule has 8 nitrogen and oxygen atoms in total. The fourth-order valence-electron chi connectivity index (χ4n) is 3.39. The van der Waals surface area contributed by atoms with Crippen LogP contribution >= 0.6 is 0 Å². The van der Waals surface area contributed by atoms with Crippen molar-refractivity contribution in [2.45, 2.75) is 18.9 Å². The average molecular weight is 390 g/mol. The Hall–Kier alpha value is -3.73. The summed E-state index contributed by atoms with van der Waals surface area (Å²) in [5, 5.41) is 8.76. The third-order valence-corrected chi connectivity index (χ3v) is 5.00. The Labute approximate surface area is 167 Å². The zero-order valence-electron chi connectivity index (χ0n) is 15.6. The summed E-state index contributed by atoms with van der Waals surface area (Å²) in [4.78, 5) is 43.8. The first-order chi connectivity index (χ1) is 14.1. The third-order valence-electron chi connectivity index (χ3n) is 5.00. The summed E-state index contributed by atoms with van der Waals surface area (Å²) in [5.41, 5.74) is 1.30. The van der Waals surface area contributed by atoms with Crippen LogP contribution in [0.5, 0.6) is 5.88 Å². The molecular formula is C21H18N4O4. The number of aromatic nitrogens is 1. The summed E-state index contributed by atoms with van der Waals surface area (Å²) >= 11 is 0. The lowest BCUT2D eigenvalue weighted by atomic mass is 10.1. The summed E-state index contributed by atoms with van der Waals surface area (Å²) in [7, 11) is 0. The first kappa shape index (κ1) is 18.6. The van der Waals surface area contributed by atoms with Gasteiger partial charge in [-0.05, 0) is 24.6 Å². The van der Waals surface area contributed by atoms with Crippen molar-refractivity contribution in [1.82, 2.24) is 14.8 Å². The van der Waals surface area contributed by atoms with Crippen LogP contribution in [0.15, 0.2) is 42.6 Å². The number of hydrogen-bond acceptors (Lipinski definition) is 6. The van der Waals surface area contributed by atoms with Gasteiger partial charge >= 0.3 is 0 Å². The van der Waals surface area contributed by atoms with Gasteiger partial charge in [0.2, 0.25) is 11.8 Å². The minimum absolute atomic E-state index is 0.0331. The molecule has 2 aromatic rings. The minimum Gasteiger partial charge on any atom is -0.471 e. The molecule has 0 atom stereocenters. The Morgan fingerprint density at radius 2 is 1.83 bits per heavy atom. The number of fused-ring (bicyclic) bond motifs is 1. The van der Waals surface area contributed by atoms with Crippen molar-refractivity contribution in [3.63, 3.8) is 0 Å². The molecule has 0 saturated carbocycles. The highest BCUT2D eigenvalue weighted by molar-refractivity contribution is 6.21. The highest BCUT2D eigenvalue weighted by Gasteiger charge is 2.35. The smallest absolute Gasteiger partial charge is 0.261 e. The normalized spacial score (nSPS) is 15.7. The number of benzene rings is 1. The molecule has 2 aliphatic rings. The Bertz CT molecular complexity index is 971. The highest BCUT2D eigenvalue weighted by atomic mass is 16.5. The number of likely N-dealkylation sites (tertiary alicyclic amines) is 1. The minimum atomic E-state index is -0.301. The van der Waals surface area contributed by atoms with Crippen LogP contribution in [-0.4, -0.2) is 58.2 Å². The van der Waals surface area contributed by atoms with Crippen LogP contribution in [0.25, 0.3) is 0 Å². The van der Waals surface area contributed by atoms with Crippen LogP contribution in [0.1, 0.15) is 39.1 Å². The zero-order valence-corrected chi connectivity index (χ0v) is 15.6. The lowest BCUT2D eigenvalue weighted by Crippen LogP contribution is -2.56. The van der Waals surface area contributed by atoms with Crippen LogP contribution < -0.4 is 4.74 Å². The van der Waals surface area contributed by atoms with Crippen LogP contribution in [0.2, 0.25) is 0 Å². The number of pyridine rings is 1. The molecular weight excluding hydrogens is 372 g/mol. The van der Waals surface area contributed by atoms with Gasteiger partial charge in [0.05, 0.1) is 29.8 Å². The molecule has 0 spiro atoms. The lowest BCUT2D eigenvalue weighted by Gasteiger charge is -2.38. The summed E-state index contributed by atoms with van der Waals surface area (Å²) in [6.45, 7) is 1.15. The number of hydrogen-bond donors (Lipinski definition) is 0. The molecule has 29 heavy (non-hydrogen) atoms. The number of ether oxygens (including phenoxy) is 1. The predicted molar refractivity (Wildman–Crippen MR) is 101 cm³/mol. The molecule has 0 aliphatic carbocycles. The van der Waals surface area contributed by atoms with E-state index >= 15 is 0 Å². The second-order valence-electron chi connectivity index (χ2n) is 6.95. The number of rotatable bonds is 6. The van der Waals surface area contributed by atoms with E-state index in [1.54, 1.807) is 41.3 Å². The standard InChI is InChI=1S/C21H18N4O4/c22-10-14-7-8-18(23-11-14)29-15-12-24(13-15)19(26)6-3-9-25-20(27)16-4-1-2-5-17(16)21(25)28/h1-2,4-5,7-8,11,15H,3,6,9,12-13H2. The van der Waals surface area contributed by atoms with Crippen molar-refractivity contribution in [2.24, 2.45) is 0 Å². The first-order valence-electron chi connectivity index (χ1n) is 9.32. The second kappa shape index (κ2) is 7.72. The molecule has 0 unspecified atom stereocenters. The number of imide groups is 1. The van der Waals surface area contributed by atoms with Gasteiger partial charge in [-0.25, -0.2) is 4.98 Å². The molecule has 0 bridgehead atoms. The molecule has 2 aliphatic heterocycles. The Morgan fingerprint density at radius 1 is 1.14 bits per heavy atom. The highest BCUT2D eigenvalue weighted by Crippen LogP contribution is 2.23. The van der Waals surface area contributed by atoms with E-state index in [-0.39, 0.29) is 36.8 Å². The lowest BCUT2D eigenvalue weighted by molar-refractivity contribution is -0.140. The fourth-order valence-corrected chi connectivity index (χ4v) is 3.39. The van der Waals surface area contributed by atoms with Gasteiger partial charge in [-0.1, -0.05) is 12.1 Å². The molecule has 1 fully saturated rings. The number of carbonyl (C=O) groups excluding carboxylic acids is 3. The predicted octanol–water partition coefficient (Wildman–Crippen LogP) is 1.62. The van der Waals surface area contributed by atoms with Gasteiger partial charge in [-0.15, -0.1) is 0 Å². The SMILES string of the molecule is N#Cc1ccc(OC2CN(C(=O)CCCN3C(=O)c4ccccc4C3=O)C2)nc1. The van der Waals surface area contributed by atoms with Crippen molar-refractivity contribution in [3.8, 4) is 11.9 Å². The van der Waals surface area contributed by atoms with E-state index in [1.807, 2.05) is 6.07 Å². The maximum absolute atomic E-state index is 12.3. The Balaban J connectivity index is 1.20. The van der Waals surface area contributed by atoms with Crippen LogP contribution in [0.4, 0.5) is 0 Å². The van der Waals surface area contributed by atoms with E-state index in [9.17, 15) is 14.4 Å². The molecule has 4 rings (SSSR count). The van der Waals surface area contributed by atoms with Crippen LogP contribution in [0.3, 0.4) is 0 Å². The van der Waals surface area contributed by atoms with Crippen LogP contribution in [-0.2, 0) is 4.79 Å². The summed E-state index contributed by atoms with van der Waals surface area (Å²) in [6, 6.07) is 12.0. The fraction of sp³-hybridized carbons (Fsp3) is 0.286. The molecule has 0 radical (unpaired) electrons. The van der Waals surface area contributed by atoms with E-state index in [0.29, 0.717) is 42.1 Å². The topological polar surface area (TPSA) is 104 Å². The van der Waals surface area contributed by atoms with Gasteiger partial charge in [0.15, 0.2) is 0 Å². The Kier molecular flexibility index (Phi) is 4.96. The monoisotopic (exact) mass is 390 g/mol. The third kappa shape index (κ3) is 3.67. The molecule has 1 saturated heterocycles.